The summed E-state index contributed by atoms with van der Waals surface area (Å²) in [6.07, 6.45) is 5.26. The van der Waals surface area contributed by atoms with E-state index in [0.717, 1.165) is 6.54 Å². The molecular formula is C17H27BrN2. The van der Waals surface area contributed by atoms with Crippen molar-refractivity contribution in [2.24, 2.45) is 0 Å². The van der Waals surface area contributed by atoms with Crippen molar-refractivity contribution >= 4 is 21.6 Å². The Balaban J connectivity index is 2.20. The van der Waals surface area contributed by atoms with E-state index in [1.807, 2.05) is 0 Å². The second-order valence-electron chi connectivity index (χ2n) is 5.74. The number of nitrogens with one attached hydrogen (secondary N) is 1. The molecule has 1 saturated heterocycles. The van der Waals surface area contributed by atoms with Gasteiger partial charge in [-0.2, -0.15) is 0 Å². The Hall–Kier alpha value is -0.540. The smallest absolute Gasteiger partial charge is 0.0513 e. The van der Waals surface area contributed by atoms with E-state index < -0.39 is 0 Å². The molecule has 3 heteroatoms. The number of benzene rings is 1. The molecule has 2 atom stereocenters. The SMILES string of the molecule is CCNC(C)c1ccc(N2CCCCC2CC)c(Br)c1. The Bertz CT molecular complexity index is 433. The summed E-state index contributed by atoms with van der Waals surface area (Å²) in [5.41, 5.74) is 2.72. The lowest BCUT2D eigenvalue weighted by molar-refractivity contribution is 0.449. The molecule has 112 valence electrons. The topological polar surface area (TPSA) is 15.3 Å². The van der Waals surface area contributed by atoms with E-state index in [4.69, 9.17) is 0 Å². The first-order valence-corrected chi connectivity index (χ1v) is 8.76. The molecular weight excluding hydrogens is 312 g/mol. The first-order chi connectivity index (χ1) is 9.67. The minimum atomic E-state index is 0.411. The molecule has 1 heterocycles. The summed E-state index contributed by atoms with van der Waals surface area (Å²) in [4.78, 5) is 2.59. The van der Waals surface area contributed by atoms with E-state index in [2.05, 4.69) is 65.1 Å². The summed E-state index contributed by atoms with van der Waals surface area (Å²) in [5.74, 6) is 0. The van der Waals surface area contributed by atoms with Crippen molar-refractivity contribution < 1.29 is 0 Å². The number of piperidine rings is 1. The zero-order chi connectivity index (χ0) is 14.5. The second kappa shape index (κ2) is 7.46. The van der Waals surface area contributed by atoms with Crippen LogP contribution in [0.3, 0.4) is 0 Å². The van der Waals surface area contributed by atoms with Crippen LogP contribution in [-0.2, 0) is 0 Å². The van der Waals surface area contributed by atoms with Crippen molar-refractivity contribution in [3.8, 4) is 0 Å². The summed E-state index contributed by atoms with van der Waals surface area (Å²) in [6.45, 7) is 8.88. The van der Waals surface area contributed by atoms with Gasteiger partial charge in [0.1, 0.15) is 0 Å². The summed E-state index contributed by atoms with van der Waals surface area (Å²) < 4.78 is 1.24. The van der Waals surface area contributed by atoms with Crippen LogP contribution in [0.4, 0.5) is 5.69 Å². The fourth-order valence-electron chi connectivity index (χ4n) is 3.19. The van der Waals surface area contributed by atoms with Crippen molar-refractivity contribution in [1.29, 1.82) is 0 Å². The van der Waals surface area contributed by atoms with Crippen LogP contribution in [0.15, 0.2) is 22.7 Å². The van der Waals surface area contributed by atoms with Crippen LogP contribution in [0.2, 0.25) is 0 Å². The van der Waals surface area contributed by atoms with Gasteiger partial charge in [-0.25, -0.2) is 0 Å². The molecule has 0 saturated carbocycles. The van der Waals surface area contributed by atoms with Crippen molar-refractivity contribution in [1.82, 2.24) is 5.32 Å². The van der Waals surface area contributed by atoms with E-state index in [9.17, 15) is 0 Å². The van der Waals surface area contributed by atoms with Gasteiger partial charge in [-0.05, 0) is 72.8 Å². The lowest BCUT2D eigenvalue weighted by Crippen LogP contribution is -2.39. The van der Waals surface area contributed by atoms with Gasteiger partial charge in [-0.3, -0.25) is 0 Å². The first-order valence-electron chi connectivity index (χ1n) is 7.96. The molecule has 1 aliphatic heterocycles. The predicted octanol–water partition coefficient (Wildman–Crippen LogP) is 4.89. The molecule has 1 N–H and O–H groups in total. The molecule has 0 aromatic heterocycles. The van der Waals surface area contributed by atoms with Crippen LogP contribution in [0, 0.1) is 0 Å². The molecule has 1 aliphatic rings. The third kappa shape index (κ3) is 3.56. The van der Waals surface area contributed by atoms with E-state index in [0.29, 0.717) is 12.1 Å². The normalized spacial score (nSPS) is 21.0. The Labute approximate surface area is 132 Å². The minimum absolute atomic E-state index is 0.411. The summed E-state index contributed by atoms with van der Waals surface area (Å²) in [7, 11) is 0. The van der Waals surface area contributed by atoms with Gasteiger partial charge in [0.05, 0.1) is 5.69 Å². The molecule has 0 amide bonds. The van der Waals surface area contributed by atoms with Crippen LogP contribution in [0.5, 0.6) is 0 Å². The molecule has 0 spiro atoms. The summed E-state index contributed by atoms with van der Waals surface area (Å²) >= 11 is 3.79. The van der Waals surface area contributed by atoms with Gasteiger partial charge in [-0.1, -0.05) is 19.9 Å². The zero-order valence-corrected chi connectivity index (χ0v) is 14.5. The second-order valence-corrected chi connectivity index (χ2v) is 6.60. The molecule has 2 unspecified atom stereocenters. The highest BCUT2D eigenvalue weighted by atomic mass is 79.9. The fourth-order valence-corrected chi connectivity index (χ4v) is 3.82. The van der Waals surface area contributed by atoms with Crippen LogP contribution in [-0.4, -0.2) is 19.1 Å². The molecule has 20 heavy (non-hydrogen) atoms. The highest BCUT2D eigenvalue weighted by molar-refractivity contribution is 9.10. The minimum Gasteiger partial charge on any atom is -0.368 e. The molecule has 0 radical (unpaired) electrons. The quantitative estimate of drug-likeness (QED) is 0.822. The lowest BCUT2D eigenvalue weighted by atomic mass is 9.98. The molecule has 2 nitrogen and oxygen atoms in total. The Morgan fingerprint density at radius 3 is 2.80 bits per heavy atom. The van der Waals surface area contributed by atoms with E-state index in [1.165, 1.54) is 48.0 Å². The van der Waals surface area contributed by atoms with Crippen molar-refractivity contribution in [2.45, 2.75) is 58.5 Å². The Kier molecular flexibility index (Phi) is 5.91. The highest BCUT2D eigenvalue weighted by Gasteiger charge is 2.22. The van der Waals surface area contributed by atoms with Gasteiger partial charge in [0, 0.05) is 23.1 Å². The number of nitrogens with zero attached hydrogens (tertiary/aromatic N) is 1. The standard InChI is InChI=1S/C17H27BrN2/c1-4-15-8-6-7-11-20(15)17-10-9-14(12-16(17)18)13(3)19-5-2/h9-10,12-13,15,19H,4-8,11H2,1-3H3. The number of halogens is 1. The molecule has 1 aromatic carbocycles. The maximum absolute atomic E-state index is 3.79. The van der Waals surface area contributed by atoms with E-state index in [-0.39, 0.29) is 0 Å². The van der Waals surface area contributed by atoms with Gasteiger partial charge >= 0.3 is 0 Å². The first kappa shape index (κ1) is 15.8. The molecule has 2 rings (SSSR count). The van der Waals surface area contributed by atoms with Crippen molar-refractivity contribution in [3.05, 3.63) is 28.2 Å². The average molecular weight is 339 g/mol. The number of hydrogen-bond donors (Lipinski definition) is 1. The molecule has 0 bridgehead atoms. The zero-order valence-electron chi connectivity index (χ0n) is 13.0. The Morgan fingerprint density at radius 2 is 2.15 bits per heavy atom. The number of rotatable bonds is 5. The average Bonchev–Trinajstić information content (AvgIpc) is 2.47. The van der Waals surface area contributed by atoms with Gasteiger partial charge in [0.25, 0.3) is 0 Å². The third-order valence-electron chi connectivity index (χ3n) is 4.39. The van der Waals surface area contributed by atoms with E-state index >= 15 is 0 Å². The summed E-state index contributed by atoms with van der Waals surface area (Å²) in [5, 5.41) is 3.47. The largest absolute Gasteiger partial charge is 0.368 e. The van der Waals surface area contributed by atoms with Crippen LogP contribution >= 0.6 is 15.9 Å². The fraction of sp³-hybridized carbons (Fsp3) is 0.647. The van der Waals surface area contributed by atoms with Gasteiger partial charge in [0.15, 0.2) is 0 Å². The van der Waals surface area contributed by atoms with Crippen LogP contribution < -0.4 is 10.2 Å². The lowest BCUT2D eigenvalue weighted by Gasteiger charge is -2.38. The summed E-state index contributed by atoms with van der Waals surface area (Å²) in [6, 6.07) is 7.96. The maximum atomic E-state index is 3.79. The Morgan fingerprint density at radius 1 is 1.35 bits per heavy atom. The molecule has 1 fully saturated rings. The predicted molar refractivity (Wildman–Crippen MR) is 91.5 cm³/mol. The third-order valence-corrected chi connectivity index (χ3v) is 5.03. The molecule has 1 aromatic rings. The number of hydrogen-bond acceptors (Lipinski definition) is 2. The van der Waals surface area contributed by atoms with E-state index in [1.54, 1.807) is 0 Å². The van der Waals surface area contributed by atoms with Crippen molar-refractivity contribution in [3.63, 3.8) is 0 Å². The van der Waals surface area contributed by atoms with Gasteiger partial charge in [-0.15, -0.1) is 0 Å². The molecule has 0 aliphatic carbocycles. The monoisotopic (exact) mass is 338 g/mol. The maximum Gasteiger partial charge on any atom is 0.0513 e. The van der Waals surface area contributed by atoms with Gasteiger partial charge < -0.3 is 10.2 Å². The number of anilines is 1. The highest BCUT2D eigenvalue weighted by Crippen LogP contribution is 2.34. The van der Waals surface area contributed by atoms with Crippen LogP contribution in [0.25, 0.3) is 0 Å². The van der Waals surface area contributed by atoms with Crippen LogP contribution in [0.1, 0.15) is 58.1 Å². The van der Waals surface area contributed by atoms with Gasteiger partial charge in [0.2, 0.25) is 0 Å². The van der Waals surface area contributed by atoms with Crippen molar-refractivity contribution in [2.75, 3.05) is 18.0 Å².